The lowest BCUT2D eigenvalue weighted by atomic mass is 10.2. The van der Waals surface area contributed by atoms with Crippen molar-refractivity contribution in [3.63, 3.8) is 0 Å². The normalized spacial score (nSPS) is 18.2. The van der Waals surface area contributed by atoms with E-state index >= 15 is 0 Å². The molecule has 1 fully saturated rings. The van der Waals surface area contributed by atoms with E-state index in [0.717, 1.165) is 0 Å². The Kier molecular flexibility index (Phi) is 4.32. The second kappa shape index (κ2) is 6.01. The van der Waals surface area contributed by atoms with Gasteiger partial charge in [-0.15, -0.1) is 0 Å². The molecule has 2 rings (SSSR count). The molecule has 6 nitrogen and oxygen atoms in total. The van der Waals surface area contributed by atoms with E-state index in [1.165, 1.54) is 13.0 Å². The quantitative estimate of drug-likeness (QED) is 0.767. The van der Waals surface area contributed by atoms with Crippen molar-refractivity contribution in [3.05, 3.63) is 34.7 Å². The summed E-state index contributed by atoms with van der Waals surface area (Å²) in [6.45, 7) is 1.24. The van der Waals surface area contributed by atoms with Crippen molar-refractivity contribution in [2.75, 3.05) is 7.11 Å². The molecule has 0 N–H and O–H groups in total. The molecule has 0 aromatic heterocycles. The van der Waals surface area contributed by atoms with Gasteiger partial charge in [0, 0.05) is 0 Å². The van der Waals surface area contributed by atoms with E-state index in [2.05, 4.69) is 0 Å². The minimum Gasteiger partial charge on any atom is -0.548 e. The van der Waals surface area contributed by atoms with Crippen molar-refractivity contribution < 1.29 is 24.2 Å². The molecule has 110 valence electrons. The molecule has 0 radical (unpaired) electrons. The van der Waals surface area contributed by atoms with Crippen LogP contribution < -0.4 is 9.84 Å². The number of aliphatic carboxylic acids is 1. The van der Waals surface area contributed by atoms with Gasteiger partial charge >= 0.3 is 0 Å². The highest BCUT2D eigenvalue weighted by atomic mass is 32.2. The van der Waals surface area contributed by atoms with Crippen LogP contribution in [0.2, 0.25) is 0 Å². The first-order valence-corrected chi connectivity index (χ1v) is 6.87. The van der Waals surface area contributed by atoms with Gasteiger partial charge < -0.3 is 14.6 Å². The summed E-state index contributed by atoms with van der Waals surface area (Å²) in [5.41, 5.74) is 0.711. The summed E-state index contributed by atoms with van der Waals surface area (Å²) in [5, 5.41) is 10.2. The van der Waals surface area contributed by atoms with Gasteiger partial charge in [0.1, 0.15) is 5.75 Å². The largest absolute Gasteiger partial charge is 0.548 e. The first kappa shape index (κ1) is 15.1. The number of carboxylic acids is 1. The van der Waals surface area contributed by atoms with E-state index in [0.29, 0.717) is 28.0 Å². The zero-order valence-electron chi connectivity index (χ0n) is 11.4. The Morgan fingerprint density at radius 1 is 1.33 bits per heavy atom. The van der Waals surface area contributed by atoms with Crippen LogP contribution in [-0.2, 0) is 9.59 Å². The molecule has 1 aromatic carbocycles. The van der Waals surface area contributed by atoms with Gasteiger partial charge in [0.15, 0.2) is 0 Å². The number of methoxy groups -OCH3 is 1. The van der Waals surface area contributed by atoms with Gasteiger partial charge in [0.2, 0.25) is 0 Å². The lowest BCUT2D eigenvalue weighted by Crippen LogP contribution is -2.48. The third-order valence-corrected chi connectivity index (χ3v) is 3.85. The maximum absolute atomic E-state index is 12.1. The molecule has 2 amide bonds. The predicted octanol–water partition coefficient (Wildman–Crippen LogP) is 0.870. The summed E-state index contributed by atoms with van der Waals surface area (Å²) in [6.07, 6.45) is 1.53. The van der Waals surface area contributed by atoms with Crippen molar-refractivity contribution in [2.45, 2.75) is 13.0 Å². The number of amides is 2. The van der Waals surface area contributed by atoms with Gasteiger partial charge in [-0.05, 0) is 42.5 Å². The zero-order chi connectivity index (χ0) is 15.6. The molecular weight excluding hydrogens is 294 g/mol. The lowest BCUT2D eigenvalue weighted by Gasteiger charge is -2.21. The SMILES string of the molecule is COc1ccc(/C=C2\SC(=O)N([C@H](C)C(=O)[O-])C2=O)cc1. The second-order valence-electron chi connectivity index (χ2n) is 4.32. The summed E-state index contributed by atoms with van der Waals surface area (Å²) in [6, 6.07) is 5.61. The fourth-order valence-corrected chi connectivity index (χ4v) is 2.68. The van der Waals surface area contributed by atoms with Crippen LogP contribution in [0, 0.1) is 0 Å². The Morgan fingerprint density at radius 3 is 2.48 bits per heavy atom. The molecule has 1 aliphatic heterocycles. The lowest BCUT2D eigenvalue weighted by molar-refractivity contribution is -0.309. The van der Waals surface area contributed by atoms with Crippen molar-refractivity contribution in [1.82, 2.24) is 4.90 Å². The first-order chi connectivity index (χ1) is 9.93. The smallest absolute Gasteiger partial charge is 0.294 e. The number of imide groups is 1. The molecule has 1 saturated heterocycles. The van der Waals surface area contributed by atoms with E-state index in [1.807, 2.05) is 0 Å². The molecule has 7 heteroatoms. The number of benzene rings is 1. The minimum absolute atomic E-state index is 0.179. The van der Waals surface area contributed by atoms with Crippen LogP contribution in [0.5, 0.6) is 5.75 Å². The van der Waals surface area contributed by atoms with E-state index < -0.39 is 23.2 Å². The van der Waals surface area contributed by atoms with Gasteiger partial charge in [-0.3, -0.25) is 14.5 Å². The van der Waals surface area contributed by atoms with Crippen LogP contribution in [0.25, 0.3) is 6.08 Å². The highest BCUT2D eigenvalue weighted by Crippen LogP contribution is 2.33. The number of carbonyl (C=O) groups is 3. The number of hydrogen-bond acceptors (Lipinski definition) is 6. The van der Waals surface area contributed by atoms with Gasteiger partial charge in [0.25, 0.3) is 11.1 Å². The maximum Gasteiger partial charge on any atom is 0.294 e. The van der Waals surface area contributed by atoms with Crippen LogP contribution in [0.3, 0.4) is 0 Å². The monoisotopic (exact) mass is 306 g/mol. The minimum atomic E-state index is -1.47. The topological polar surface area (TPSA) is 86.7 Å². The predicted molar refractivity (Wildman–Crippen MR) is 75.3 cm³/mol. The summed E-state index contributed by atoms with van der Waals surface area (Å²) in [4.78, 5) is 35.5. The molecule has 0 bridgehead atoms. The van der Waals surface area contributed by atoms with Gasteiger partial charge in [-0.2, -0.15) is 0 Å². The van der Waals surface area contributed by atoms with Crippen molar-refractivity contribution in [1.29, 1.82) is 0 Å². The van der Waals surface area contributed by atoms with Crippen LogP contribution in [0.15, 0.2) is 29.2 Å². The maximum atomic E-state index is 12.1. The molecule has 1 aromatic rings. The molecule has 21 heavy (non-hydrogen) atoms. The summed E-state index contributed by atoms with van der Waals surface area (Å²) in [5.74, 6) is -1.42. The summed E-state index contributed by atoms with van der Waals surface area (Å²) in [7, 11) is 1.54. The number of nitrogens with zero attached hydrogens (tertiary/aromatic N) is 1. The Balaban J connectivity index is 2.25. The highest BCUT2D eigenvalue weighted by molar-refractivity contribution is 8.18. The summed E-state index contributed by atoms with van der Waals surface area (Å²) >= 11 is 0.708. The number of carbonyl (C=O) groups excluding carboxylic acids is 3. The molecule has 1 atom stereocenters. The third kappa shape index (κ3) is 3.08. The van der Waals surface area contributed by atoms with Crippen molar-refractivity contribution >= 4 is 35.0 Å². The average Bonchev–Trinajstić information content (AvgIpc) is 2.73. The standard InChI is InChI=1S/C14H13NO5S/c1-8(13(17)18)15-12(16)11(21-14(15)19)7-9-3-5-10(20-2)6-4-9/h3-8H,1-2H3,(H,17,18)/p-1/b11-7-/t8-/m1/s1. The molecule has 1 heterocycles. The van der Waals surface area contributed by atoms with Crippen LogP contribution in [0.4, 0.5) is 4.79 Å². The van der Waals surface area contributed by atoms with Crippen LogP contribution in [-0.4, -0.2) is 35.2 Å². The fraction of sp³-hybridized carbons (Fsp3) is 0.214. The first-order valence-electron chi connectivity index (χ1n) is 6.06. The third-order valence-electron chi connectivity index (χ3n) is 2.97. The van der Waals surface area contributed by atoms with Crippen molar-refractivity contribution in [3.8, 4) is 5.75 Å². The molecular formula is C14H12NO5S-. The van der Waals surface area contributed by atoms with Gasteiger partial charge in [-0.1, -0.05) is 12.1 Å². The molecule has 0 unspecified atom stereocenters. The van der Waals surface area contributed by atoms with Gasteiger partial charge in [0.05, 0.1) is 24.0 Å². The van der Waals surface area contributed by atoms with E-state index in [1.54, 1.807) is 31.4 Å². The zero-order valence-corrected chi connectivity index (χ0v) is 12.2. The average molecular weight is 306 g/mol. The Hall–Kier alpha value is -2.28. The molecule has 1 aliphatic rings. The van der Waals surface area contributed by atoms with E-state index in [-0.39, 0.29) is 4.91 Å². The Morgan fingerprint density at radius 2 is 1.95 bits per heavy atom. The Labute approximate surface area is 125 Å². The number of carboxylic acid groups (broad SMARTS) is 1. The Bertz CT molecular complexity index is 623. The van der Waals surface area contributed by atoms with Crippen LogP contribution in [0.1, 0.15) is 12.5 Å². The van der Waals surface area contributed by atoms with E-state index in [4.69, 9.17) is 4.74 Å². The van der Waals surface area contributed by atoms with Gasteiger partial charge in [-0.25, -0.2) is 0 Å². The van der Waals surface area contributed by atoms with E-state index in [9.17, 15) is 19.5 Å². The fourth-order valence-electron chi connectivity index (χ4n) is 1.77. The number of thioether (sulfide) groups is 1. The molecule has 0 aliphatic carbocycles. The molecule has 0 saturated carbocycles. The number of rotatable bonds is 4. The molecule has 0 spiro atoms. The highest BCUT2D eigenvalue weighted by Gasteiger charge is 2.38. The van der Waals surface area contributed by atoms with Crippen LogP contribution >= 0.6 is 11.8 Å². The second-order valence-corrected chi connectivity index (χ2v) is 5.31. The van der Waals surface area contributed by atoms with Crippen molar-refractivity contribution in [2.24, 2.45) is 0 Å². The number of hydrogen-bond donors (Lipinski definition) is 0. The number of ether oxygens (including phenoxy) is 1. The summed E-state index contributed by atoms with van der Waals surface area (Å²) < 4.78 is 5.02.